The van der Waals surface area contributed by atoms with Crippen LogP contribution in [0.15, 0.2) is 4.99 Å². The third-order valence-corrected chi connectivity index (χ3v) is 4.79. The van der Waals surface area contributed by atoms with Gasteiger partial charge in [0.1, 0.15) is 0 Å². The Morgan fingerprint density at radius 1 is 0.810 bits per heavy atom. The van der Waals surface area contributed by atoms with E-state index in [2.05, 4.69) is 16.7 Å². The van der Waals surface area contributed by atoms with Crippen molar-refractivity contribution >= 4 is 5.96 Å². The van der Waals surface area contributed by atoms with Gasteiger partial charge in [0.25, 0.3) is 0 Å². The fourth-order valence-electron chi connectivity index (χ4n) is 3.53. The summed E-state index contributed by atoms with van der Waals surface area (Å²) in [6.45, 7) is 8.25. The summed E-state index contributed by atoms with van der Waals surface area (Å²) in [6.07, 6.45) is 15.3. The van der Waals surface area contributed by atoms with Crippen molar-refractivity contribution in [2.24, 2.45) is 4.99 Å². The molecule has 3 heteroatoms. The SMILES string of the molecule is CCCCCCCCCCCN1CCCN2CCCN=C12. The number of nitrogens with zero attached hydrogens (tertiary/aromatic N) is 3. The third-order valence-electron chi connectivity index (χ3n) is 4.79. The predicted octanol–water partition coefficient (Wildman–Crippen LogP) is 4.28. The summed E-state index contributed by atoms with van der Waals surface area (Å²) in [5.41, 5.74) is 0. The minimum absolute atomic E-state index is 1.04. The maximum Gasteiger partial charge on any atom is 0.196 e. The highest BCUT2D eigenvalue weighted by Gasteiger charge is 2.24. The maximum atomic E-state index is 4.76. The van der Waals surface area contributed by atoms with Crippen LogP contribution in [0, 0.1) is 0 Å². The minimum atomic E-state index is 1.04. The second kappa shape index (κ2) is 10.1. The van der Waals surface area contributed by atoms with E-state index in [1.165, 1.54) is 103 Å². The number of unbranched alkanes of at least 4 members (excludes halogenated alkanes) is 8. The molecular formula is C18H35N3. The molecule has 0 spiro atoms. The van der Waals surface area contributed by atoms with Crippen LogP contribution in [0.2, 0.25) is 0 Å². The van der Waals surface area contributed by atoms with Gasteiger partial charge in [-0.1, -0.05) is 58.3 Å². The van der Waals surface area contributed by atoms with E-state index >= 15 is 0 Å². The third kappa shape index (κ3) is 5.88. The molecule has 0 N–H and O–H groups in total. The standard InChI is InChI=1S/C18H35N3/c1-2-3-4-5-6-7-8-9-10-14-20-16-12-17-21-15-11-13-19-18(20)21/h2-17H2,1H3. The van der Waals surface area contributed by atoms with Gasteiger partial charge >= 0.3 is 0 Å². The van der Waals surface area contributed by atoms with Gasteiger partial charge in [0.15, 0.2) is 5.96 Å². The highest BCUT2D eigenvalue weighted by molar-refractivity contribution is 5.81. The summed E-state index contributed by atoms with van der Waals surface area (Å²) in [4.78, 5) is 9.80. The van der Waals surface area contributed by atoms with Crippen molar-refractivity contribution in [2.45, 2.75) is 77.6 Å². The number of fused-ring (bicyclic) bond motifs is 1. The molecule has 2 aliphatic rings. The first-order valence-electron chi connectivity index (χ1n) is 9.46. The lowest BCUT2D eigenvalue weighted by atomic mass is 10.1. The fraction of sp³-hybridized carbons (Fsp3) is 0.944. The van der Waals surface area contributed by atoms with E-state index in [1.807, 2.05) is 0 Å². The molecule has 3 nitrogen and oxygen atoms in total. The second-order valence-electron chi connectivity index (χ2n) is 6.69. The van der Waals surface area contributed by atoms with Gasteiger partial charge in [-0.05, 0) is 19.3 Å². The molecule has 0 saturated carbocycles. The molecule has 2 heterocycles. The Kier molecular flexibility index (Phi) is 7.98. The van der Waals surface area contributed by atoms with Gasteiger partial charge in [-0.25, -0.2) is 0 Å². The van der Waals surface area contributed by atoms with Gasteiger partial charge in [-0.3, -0.25) is 4.99 Å². The second-order valence-corrected chi connectivity index (χ2v) is 6.69. The molecule has 2 rings (SSSR count). The molecule has 0 bridgehead atoms. The molecule has 0 aromatic carbocycles. The Bertz CT molecular complexity index is 301. The van der Waals surface area contributed by atoms with Crippen molar-refractivity contribution in [3.8, 4) is 0 Å². The van der Waals surface area contributed by atoms with E-state index in [0.29, 0.717) is 0 Å². The lowest BCUT2D eigenvalue weighted by Crippen LogP contribution is -2.52. The highest BCUT2D eigenvalue weighted by Crippen LogP contribution is 2.15. The van der Waals surface area contributed by atoms with Gasteiger partial charge in [0, 0.05) is 32.7 Å². The minimum Gasteiger partial charge on any atom is -0.343 e. The van der Waals surface area contributed by atoms with E-state index in [1.54, 1.807) is 0 Å². The van der Waals surface area contributed by atoms with Crippen molar-refractivity contribution in [1.29, 1.82) is 0 Å². The van der Waals surface area contributed by atoms with Crippen LogP contribution in [-0.4, -0.2) is 48.5 Å². The molecule has 0 aliphatic carbocycles. The Morgan fingerprint density at radius 2 is 1.48 bits per heavy atom. The van der Waals surface area contributed by atoms with Crippen LogP contribution in [0.3, 0.4) is 0 Å². The van der Waals surface area contributed by atoms with Gasteiger partial charge in [0.2, 0.25) is 0 Å². The summed E-state index contributed by atoms with van der Waals surface area (Å²) in [6, 6.07) is 0. The number of guanidine groups is 1. The van der Waals surface area contributed by atoms with Crippen LogP contribution in [0.25, 0.3) is 0 Å². The van der Waals surface area contributed by atoms with Crippen molar-refractivity contribution in [3.63, 3.8) is 0 Å². The molecule has 2 aliphatic heterocycles. The summed E-state index contributed by atoms with van der Waals surface area (Å²) in [5.74, 6) is 1.31. The van der Waals surface area contributed by atoms with Gasteiger partial charge in [0.05, 0.1) is 0 Å². The molecule has 0 aromatic heterocycles. The summed E-state index contributed by atoms with van der Waals surface area (Å²) < 4.78 is 0. The highest BCUT2D eigenvalue weighted by atomic mass is 15.4. The number of hydrogen-bond acceptors (Lipinski definition) is 3. The molecule has 0 unspecified atom stereocenters. The molecule has 122 valence electrons. The van der Waals surface area contributed by atoms with Gasteiger partial charge < -0.3 is 9.80 Å². The number of aliphatic imine (C=N–C) groups is 1. The van der Waals surface area contributed by atoms with E-state index in [-0.39, 0.29) is 0 Å². The number of rotatable bonds is 10. The van der Waals surface area contributed by atoms with Crippen LogP contribution in [-0.2, 0) is 0 Å². The van der Waals surface area contributed by atoms with Crippen molar-refractivity contribution in [1.82, 2.24) is 9.80 Å². The number of hydrogen-bond donors (Lipinski definition) is 0. The molecule has 1 fully saturated rings. The van der Waals surface area contributed by atoms with Crippen molar-refractivity contribution in [3.05, 3.63) is 0 Å². The Balaban J connectivity index is 1.51. The summed E-state index contributed by atoms with van der Waals surface area (Å²) in [5, 5.41) is 0. The average molecular weight is 293 g/mol. The van der Waals surface area contributed by atoms with Crippen LogP contribution in [0.4, 0.5) is 0 Å². The molecule has 0 radical (unpaired) electrons. The van der Waals surface area contributed by atoms with Crippen molar-refractivity contribution in [2.75, 3.05) is 32.7 Å². The predicted molar refractivity (Wildman–Crippen MR) is 91.9 cm³/mol. The molecule has 0 atom stereocenters. The maximum absolute atomic E-state index is 4.76. The zero-order chi connectivity index (χ0) is 14.8. The topological polar surface area (TPSA) is 18.8 Å². The quantitative estimate of drug-likeness (QED) is 0.560. The molecule has 21 heavy (non-hydrogen) atoms. The molecule has 1 saturated heterocycles. The Morgan fingerprint density at radius 3 is 2.24 bits per heavy atom. The molecule has 0 amide bonds. The average Bonchev–Trinajstić information content (AvgIpc) is 2.53. The van der Waals surface area contributed by atoms with Crippen LogP contribution >= 0.6 is 0 Å². The smallest absolute Gasteiger partial charge is 0.196 e. The van der Waals surface area contributed by atoms with E-state index in [0.717, 1.165) is 6.54 Å². The van der Waals surface area contributed by atoms with Crippen molar-refractivity contribution < 1.29 is 0 Å². The normalized spacial score (nSPS) is 18.6. The van der Waals surface area contributed by atoms with Crippen LogP contribution < -0.4 is 0 Å². The molecule has 0 aromatic rings. The van der Waals surface area contributed by atoms with Crippen LogP contribution in [0.5, 0.6) is 0 Å². The molecular weight excluding hydrogens is 258 g/mol. The lowest BCUT2D eigenvalue weighted by Gasteiger charge is -2.41. The lowest BCUT2D eigenvalue weighted by molar-refractivity contribution is 0.241. The summed E-state index contributed by atoms with van der Waals surface area (Å²) in [7, 11) is 0. The zero-order valence-corrected chi connectivity index (χ0v) is 14.2. The zero-order valence-electron chi connectivity index (χ0n) is 14.2. The largest absolute Gasteiger partial charge is 0.343 e. The monoisotopic (exact) mass is 293 g/mol. The van der Waals surface area contributed by atoms with E-state index in [9.17, 15) is 0 Å². The fourth-order valence-corrected chi connectivity index (χ4v) is 3.53. The summed E-state index contributed by atoms with van der Waals surface area (Å²) >= 11 is 0. The first-order valence-corrected chi connectivity index (χ1v) is 9.46. The first-order chi connectivity index (χ1) is 10.4. The van der Waals surface area contributed by atoms with E-state index < -0.39 is 0 Å². The first kappa shape index (κ1) is 16.6. The van der Waals surface area contributed by atoms with Crippen LogP contribution in [0.1, 0.15) is 77.6 Å². The Hall–Kier alpha value is -0.730. The van der Waals surface area contributed by atoms with E-state index in [4.69, 9.17) is 4.99 Å². The van der Waals surface area contributed by atoms with Gasteiger partial charge in [-0.2, -0.15) is 0 Å². The Labute approximate surface area is 131 Å². The van der Waals surface area contributed by atoms with Gasteiger partial charge in [-0.15, -0.1) is 0 Å².